The summed E-state index contributed by atoms with van der Waals surface area (Å²) in [6.07, 6.45) is 4.25. The highest BCUT2D eigenvalue weighted by atomic mass is 32.1. The van der Waals surface area contributed by atoms with Crippen LogP contribution in [0.25, 0.3) is 10.2 Å². The zero-order valence-corrected chi connectivity index (χ0v) is 22.8. The normalized spacial score (nSPS) is 18.2. The summed E-state index contributed by atoms with van der Waals surface area (Å²) in [5.74, 6) is -0.136. The minimum atomic E-state index is -0.448. The van der Waals surface area contributed by atoms with Crippen LogP contribution in [-0.4, -0.2) is 58.6 Å². The number of benzene rings is 2. The van der Waals surface area contributed by atoms with Crippen molar-refractivity contribution >= 4 is 38.7 Å². The van der Waals surface area contributed by atoms with Crippen molar-refractivity contribution in [2.24, 2.45) is 5.41 Å². The van der Waals surface area contributed by atoms with E-state index in [0.717, 1.165) is 68.6 Å². The first-order valence-electron chi connectivity index (χ1n) is 13.1. The zero-order chi connectivity index (χ0) is 26.0. The van der Waals surface area contributed by atoms with Crippen molar-refractivity contribution in [3.8, 4) is 0 Å². The van der Waals surface area contributed by atoms with E-state index in [4.69, 9.17) is 4.74 Å². The third kappa shape index (κ3) is 6.30. The lowest BCUT2D eigenvalue weighted by Gasteiger charge is -2.46. The van der Waals surface area contributed by atoms with Crippen molar-refractivity contribution in [3.05, 3.63) is 59.7 Å². The Labute approximate surface area is 222 Å². The fourth-order valence-electron chi connectivity index (χ4n) is 5.29. The Morgan fingerprint density at radius 2 is 1.62 bits per heavy atom. The molecular formula is C29H36N4O3S. The van der Waals surface area contributed by atoms with E-state index in [2.05, 4.69) is 27.3 Å². The number of nitrogens with one attached hydrogen (secondary N) is 1. The van der Waals surface area contributed by atoms with Crippen molar-refractivity contribution in [1.29, 1.82) is 0 Å². The monoisotopic (exact) mass is 520 g/mol. The zero-order valence-electron chi connectivity index (χ0n) is 22.0. The first-order chi connectivity index (χ1) is 17.7. The maximum atomic E-state index is 12.7. The summed E-state index contributed by atoms with van der Waals surface area (Å²) < 4.78 is 6.61. The third-order valence-electron chi connectivity index (χ3n) is 7.53. The van der Waals surface area contributed by atoms with Gasteiger partial charge in [-0.25, -0.2) is 9.78 Å². The average Bonchev–Trinajstić information content (AvgIpc) is 3.28. The molecule has 3 heterocycles. The Hall–Kier alpha value is -2.97. The Morgan fingerprint density at radius 1 is 0.973 bits per heavy atom. The molecule has 0 atom stereocenters. The lowest BCUT2D eigenvalue weighted by atomic mass is 9.71. The van der Waals surface area contributed by atoms with Gasteiger partial charge in [-0.05, 0) is 94.8 Å². The van der Waals surface area contributed by atoms with Gasteiger partial charge < -0.3 is 9.64 Å². The highest BCUT2D eigenvalue weighted by Gasteiger charge is 2.39. The predicted octanol–water partition coefficient (Wildman–Crippen LogP) is 6.16. The SMILES string of the molecule is CC(C)(C)OC(=O)N1CCC2(CCN(Cc3ccc(C(=O)Nc4nc5ccccc5s4)cc3)CC2)CC1. The van der Waals surface area contributed by atoms with Crippen molar-refractivity contribution in [1.82, 2.24) is 14.8 Å². The lowest BCUT2D eigenvalue weighted by molar-refractivity contribution is -0.00312. The van der Waals surface area contributed by atoms with Gasteiger partial charge in [-0.3, -0.25) is 15.0 Å². The molecule has 2 saturated heterocycles. The molecule has 0 unspecified atom stereocenters. The molecule has 0 saturated carbocycles. The van der Waals surface area contributed by atoms with E-state index < -0.39 is 5.60 Å². The molecule has 2 fully saturated rings. The summed E-state index contributed by atoms with van der Waals surface area (Å²) >= 11 is 1.48. The molecule has 2 aromatic carbocycles. The summed E-state index contributed by atoms with van der Waals surface area (Å²) in [5, 5.41) is 3.55. The van der Waals surface area contributed by atoms with Gasteiger partial charge in [0, 0.05) is 25.2 Å². The number of hydrogen-bond donors (Lipinski definition) is 1. The van der Waals surface area contributed by atoms with E-state index in [1.807, 2.05) is 62.1 Å². The van der Waals surface area contributed by atoms with Crippen molar-refractivity contribution in [2.75, 3.05) is 31.5 Å². The maximum absolute atomic E-state index is 12.7. The Bertz CT molecular complexity index is 1210. The van der Waals surface area contributed by atoms with Gasteiger partial charge in [0.25, 0.3) is 5.91 Å². The molecule has 2 aliphatic heterocycles. The number of rotatable bonds is 4. The number of aromatic nitrogens is 1. The number of fused-ring (bicyclic) bond motifs is 1. The number of likely N-dealkylation sites (tertiary alicyclic amines) is 2. The Morgan fingerprint density at radius 3 is 2.27 bits per heavy atom. The van der Waals surface area contributed by atoms with Crippen LogP contribution in [-0.2, 0) is 11.3 Å². The Balaban J connectivity index is 1.09. The van der Waals surface area contributed by atoms with Gasteiger partial charge in [-0.2, -0.15) is 0 Å². The average molecular weight is 521 g/mol. The number of anilines is 1. The van der Waals surface area contributed by atoms with E-state index in [1.54, 1.807) is 0 Å². The van der Waals surface area contributed by atoms with Crippen molar-refractivity contribution in [3.63, 3.8) is 0 Å². The van der Waals surface area contributed by atoms with Gasteiger partial charge >= 0.3 is 6.09 Å². The van der Waals surface area contributed by atoms with E-state index in [-0.39, 0.29) is 12.0 Å². The topological polar surface area (TPSA) is 74.8 Å². The van der Waals surface area contributed by atoms with Crippen LogP contribution in [0, 0.1) is 5.41 Å². The first-order valence-corrected chi connectivity index (χ1v) is 14.0. The number of carbonyl (C=O) groups is 2. The second-order valence-corrected chi connectivity index (χ2v) is 12.4. The van der Waals surface area contributed by atoms with Crippen molar-refractivity contribution < 1.29 is 14.3 Å². The number of amides is 2. The van der Waals surface area contributed by atoms with E-state index in [1.165, 1.54) is 16.9 Å². The number of hydrogen-bond acceptors (Lipinski definition) is 6. The second kappa shape index (κ2) is 10.4. The van der Waals surface area contributed by atoms with Crippen LogP contribution < -0.4 is 5.32 Å². The van der Waals surface area contributed by atoms with E-state index >= 15 is 0 Å². The summed E-state index contributed by atoms with van der Waals surface area (Å²) in [6, 6.07) is 15.8. The molecule has 1 aromatic heterocycles. The summed E-state index contributed by atoms with van der Waals surface area (Å²) in [7, 11) is 0. The quantitative estimate of drug-likeness (QED) is 0.446. The number of piperidine rings is 2. The molecule has 7 nitrogen and oxygen atoms in total. The molecule has 2 amide bonds. The van der Waals surface area contributed by atoms with Gasteiger partial charge in [-0.15, -0.1) is 0 Å². The molecule has 0 aliphatic carbocycles. The summed E-state index contributed by atoms with van der Waals surface area (Å²) in [4.78, 5) is 34.0. The van der Waals surface area contributed by atoms with Crippen molar-refractivity contribution in [2.45, 2.75) is 58.6 Å². The third-order valence-corrected chi connectivity index (χ3v) is 8.48. The van der Waals surface area contributed by atoms with Gasteiger partial charge in [0.2, 0.25) is 0 Å². The molecule has 2 aliphatic rings. The molecule has 5 rings (SSSR count). The molecule has 196 valence electrons. The smallest absolute Gasteiger partial charge is 0.410 e. The highest BCUT2D eigenvalue weighted by molar-refractivity contribution is 7.22. The largest absolute Gasteiger partial charge is 0.444 e. The van der Waals surface area contributed by atoms with Crippen LogP contribution in [0.4, 0.5) is 9.93 Å². The molecule has 8 heteroatoms. The number of carbonyl (C=O) groups excluding carboxylic acids is 2. The molecule has 1 N–H and O–H groups in total. The molecule has 1 spiro atoms. The van der Waals surface area contributed by atoms with Crippen LogP contribution >= 0.6 is 11.3 Å². The summed E-state index contributed by atoms with van der Waals surface area (Å²) in [6.45, 7) is 10.3. The van der Waals surface area contributed by atoms with Gasteiger partial charge in [0.15, 0.2) is 5.13 Å². The molecule has 0 bridgehead atoms. The second-order valence-electron chi connectivity index (χ2n) is 11.4. The Kier molecular flexibility index (Phi) is 7.23. The lowest BCUT2D eigenvalue weighted by Crippen LogP contribution is -2.49. The van der Waals surface area contributed by atoms with Gasteiger partial charge in [0.05, 0.1) is 10.2 Å². The maximum Gasteiger partial charge on any atom is 0.410 e. The van der Waals surface area contributed by atoms with Crippen LogP contribution in [0.2, 0.25) is 0 Å². The molecule has 37 heavy (non-hydrogen) atoms. The highest BCUT2D eigenvalue weighted by Crippen LogP contribution is 2.41. The minimum Gasteiger partial charge on any atom is -0.444 e. The van der Waals surface area contributed by atoms with Crippen LogP contribution in [0.15, 0.2) is 48.5 Å². The van der Waals surface area contributed by atoms with Crippen LogP contribution in [0.1, 0.15) is 62.4 Å². The summed E-state index contributed by atoms with van der Waals surface area (Å²) in [5.41, 5.74) is 2.65. The molecule has 0 radical (unpaired) electrons. The standard InChI is InChI=1S/C29H36N4O3S/c1-28(2,3)36-27(35)33-18-14-29(15-19-33)12-16-32(17-13-29)20-21-8-10-22(11-9-21)25(34)31-26-30-23-6-4-5-7-24(23)37-26/h4-11H,12-20H2,1-3H3,(H,30,31,34). The van der Waals surface area contributed by atoms with Crippen LogP contribution in [0.5, 0.6) is 0 Å². The minimum absolute atomic E-state index is 0.136. The van der Waals surface area contributed by atoms with Crippen LogP contribution in [0.3, 0.4) is 0 Å². The fourth-order valence-corrected chi connectivity index (χ4v) is 6.15. The van der Waals surface area contributed by atoms with E-state index in [9.17, 15) is 9.59 Å². The number of nitrogens with zero attached hydrogens (tertiary/aromatic N) is 3. The van der Waals surface area contributed by atoms with Gasteiger partial charge in [0.1, 0.15) is 5.60 Å². The predicted molar refractivity (Wildman–Crippen MR) is 148 cm³/mol. The first kappa shape index (κ1) is 25.7. The van der Waals surface area contributed by atoms with E-state index in [0.29, 0.717) is 16.1 Å². The molecule has 3 aromatic rings. The molecular weight excluding hydrogens is 484 g/mol. The van der Waals surface area contributed by atoms with Gasteiger partial charge in [-0.1, -0.05) is 35.6 Å². The number of para-hydroxylation sites is 1. The number of thiazole rings is 1. The number of ether oxygens (including phenoxy) is 1. The fraction of sp³-hybridized carbons (Fsp3) is 0.483.